The van der Waals surface area contributed by atoms with Gasteiger partial charge in [0, 0.05) is 19.3 Å². The number of likely N-dealkylation sites (N-methyl/N-ethyl adjacent to an activating group) is 1. The first-order valence-electron chi connectivity index (χ1n) is 20.2. The van der Waals surface area contributed by atoms with Gasteiger partial charge in [-0.2, -0.15) is 0 Å². The largest absolute Gasteiger partial charge is 0.477 e. The van der Waals surface area contributed by atoms with E-state index < -0.39 is 18.1 Å². The summed E-state index contributed by atoms with van der Waals surface area (Å²) in [4.78, 5) is 36.8. The van der Waals surface area contributed by atoms with E-state index in [1.54, 1.807) is 0 Å². The molecule has 0 aliphatic heterocycles. The van der Waals surface area contributed by atoms with Crippen LogP contribution in [0.2, 0.25) is 0 Å². The van der Waals surface area contributed by atoms with Crippen molar-refractivity contribution in [1.29, 1.82) is 0 Å². The lowest BCUT2D eigenvalue weighted by Gasteiger charge is -2.31. The van der Waals surface area contributed by atoms with Crippen LogP contribution in [-0.2, 0) is 28.6 Å². The summed E-state index contributed by atoms with van der Waals surface area (Å²) in [5, 5.41) is 9.59. The minimum atomic E-state index is -0.889. The summed E-state index contributed by atoms with van der Waals surface area (Å²) in [6.45, 7) is 4.50. The number of quaternary nitrogens is 1. The van der Waals surface area contributed by atoms with Crippen LogP contribution in [0.3, 0.4) is 0 Å². The lowest BCUT2D eigenvalue weighted by Crippen LogP contribution is -2.50. The fourth-order valence-electron chi connectivity index (χ4n) is 5.21. The average molecular weight is 741 g/mol. The Morgan fingerprint density at radius 1 is 0.566 bits per heavy atom. The van der Waals surface area contributed by atoms with Crippen molar-refractivity contribution in [3.8, 4) is 0 Å². The molecule has 0 saturated carbocycles. The molecule has 0 rings (SSSR count). The molecule has 0 aliphatic carbocycles. The molecule has 0 aromatic heterocycles. The lowest BCUT2D eigenvalue weighted by molar-refractivity contribution is -0.887. The molecule has 0 radical (unpaired) electrons. The summed E-state index contributed by atoms with van der Waals surface area (Å²) in [5.41, 5.74) is 0. The first-order valence-corrected chi connectivity index (χ1v) is 20.2. The Hall–Kier alpha value is -3.49. The molecule has 2 atom stereocenters. The van der Waals surface area contributed by atoms with Gasteiger partial charge in [0.05, 0.1) is 34.4 Å². The van der Waals surface area contributed by atoms with Crippen molar-refractivity contribution in [1.82, 2.24) is 0 Å². The van der Waals surface area contributed by atoms with E-state index in [9.17, 15) is 19.5 Å². The molecule has 0 bridgehead atoms. The highest BCUT2D eigenvalue weighted by Gasteiger charge is 2.31. The number of hydrogen-bond donors (Lipinski definition) is 1. The maximum Gasteiger partial charge on any atom is 0.362 e. The van der Waals surface area contributed by atoms with Crippen molar-refractivity contribution in [2.45, 2.75) is 142 Å². The van der Waals surface area contributed by atoms with Crippen molar-refractivity contribution in [3.05, 3.63) is 85.1 Å². The summed E-state index contributed by atoms with van der Waals surface area (Å²) in [6, 6.07) is -0.627. The monoisotopic (exact) mass is 741 g/mol. The predicted molar refractivity (Wildman–Crippen MR) is 220 cm³/mol. The molecule has 0 heterocycles. The van der Waals surface area contributed by atoms with Gasteiger partial charge in [-0.3, -0.25) is 9.59 Å². The van der Waals surface area contributed by atoms with Crippen molar-refractivity contribution < 1.29 is 38.2 Å². The SMILES string of the molecule is CCC/C=C/C=C/C=C/C=C/C=C/CCCCCCCC(=O)OC(COCCC(C(=O)O)[N+](C)(C)C)COC(=O)CCCCC/C=C/C=C/CCCC. The summed E-state index contributed by atoms with van der Waals surface area (Å²) in [6.07, 6.45) is 44.8. The summed E-state index contributed by atoms with van der Waals surface area (Å²) < 4.78 is 17.2. The standard InChI is InChI=1S/C45H73NO7/c1-6-8-10-12-14-16-18-19-20-21-22-23-24-26-28-30-32-34-36-44(48)53-41(39-51-38-37-42(45(49)50)46(3,4)5)40-52-43(47)35-33-31-29-27-25-17-15-13-11-9-7-2/h10,12-23,25,41-42H,6-9,11,24,26-40H2,1-5H3/p+1/b12-10+,15-13+,16-14+,19-18+,21-20+,23-22+,25-17+. The van der Waals surface area contributed by atoms with E-state index in [1.165, 1.54) is 19.3 Å². The van der Waals surface area contributed by atoms with Gasteiger partial charge in [-0.05, 0) is 51.4 Å². The highest BCUT2D eigenvalue weighted by atomic mass is 16.6. The number of ether oxygens (including phenoxy) is 3. The number of hydrogen-bond acceptors (Lipinski definition) is 6. The summed E-state index contributed by atoms with van der Waals surface area (Å²) >= 11 is 0. The van der Waals surface area contributed by atoms with E-state index in [0.29, 0.717) is 19.3 Å². The van der Waals surface area contributed by atoms with Crippen LogP contribution >= 0.6 is 0 Å². The van der Waals surface area contributed by atoms with Gasteiger partial charge in [0.15, 0.2) is 12.1 Å². The van der Waals surface area contributed by atoms with Crippen LogP contribution in [0.4, 0.5) is 0 Å². The van der Waals surface area contributed by atoms with Gasteiger partial charge in [0.1, 0.15) is 6.61 Å². The number of allylic oxidation sites excluding steroid dienone is 14. The van der Waals surface area contributed by atoms with Gasteiger partial charge in [-0.15, -0.1) is 0 Å². The number of carboxylic acids is 1. The van der Waals surface area contributed by atoms with Crippen LogP contribution in [-0.4, -0.2) is 80.6 Å². The van der Waals surface area contributed by atoms with Gasteiger partial charge < -0.3 is 23.8 Å². The zero-order chi connectivity index (χ0) is 39.3. The molecule has 0 spiro atoms. The van der Waals surface area contributed by atoms with Gasteiger partial charge in [0.2, 0.25) is 0 Å². The van der Waals surface area contributed by atoms with E-state index in [4.69, 9.17) is 14.2 Å². The minimum Gasteiger partial charge on any atom is -0.477 e. The molecule has 0 aliphatic rings. The first kappa shape index (κ1) is 49.5. The second kappa shape index (κ2) is 35.5. The van der Waals surface area contributed by atoms with Crippen LogP contribution in [0.15, 0.2) is 85.1 Å². The second-order valence-electron chi connectivity index (χ2n) is 14.3. The molecule has 0 aromatic carbocycles. The number of esters is 2. The molecule has 0 fully saturated rings. The number of unbranched alkanes of at least 4 members (excludes halogenated alkanes) is 11. The molecule has 2 unspecified atom stereocenters. The minimum absolute atomic E-state index is 0.0362. The van der Waals surface area contributed by atoms with Gasteiger partial charge in [-0.1, -0.05) is 144 Å². The molecule has 0 aromatic rings. The molecular formula is C45H74NO7+. The number of carbonyl (C=O) groups is 3. The number of aliphatic carboxylic acids is 1. The van der Waals surface area contributed by atoms with E-state index >= 15 is 0 Å². The molecule has 0 amide bonds. The quantitative estimate of drug-likeness (QED) is 0.0303. The highest BCUT2D eigenvalue weighted by molar-refractivity contribution is 5.72. The fourth-order valence-corrected chi connectivity index (χ4v) is 5.21. The smallest absolute Gasteiger partial charge is 0.362 e. The molecule has 8 nitrogen and oxygen atoms in total. The maximum absolute atomic E-state index is 12.7. The topological polar surface area (TPSA) is 99.1 Å². The highest BCUT2D eigenvalue weighted by Crippen LogP contribution is 2.12. The Bertz CT molecular complexity index is 1140. The van der Waals surface area contributed by atoms with E-state index in [1.807, 2.05) is 57.6 Å². The molecule has 0 saturated heterocycles. The molecule has 8 heteroatoms. The van der Waals surface area contributed by atoms with E-state index in [2.05, 4.69) is 62.5 Å². The van der Waals surface area contributed by atoms with Crippen LogP contribution < -0.4 is 0 Å². The third-order valence-corrected chi connectivity index (χ3v) is 8.40. The van der Waals surface area contributed by atoms with Gasteiger partial charge in [-0.25, -0.2) is 4.79 Å². The van der Waals surface area contributed by atoms with Crippen molar-refractivity contribution in [3.63, 3.8) is 0 Å². The Morgan fingerprint density at radius 2 is 1.04 bits per heavy atom. The van der Waals surface area contributed by atoms with Crippen molar-refractivity contribution in [2.75, 3.05) is 41.0 Å². The number of nitrogens with zero attached hydrogens (tertiary/aromatic N) is 1. The number of rotatable bonds is 34. The predicted octanol–water partition coefficient (Wildman–Crippen LogP) is 10.6. The Kier molecular flexibility index (Phi) is 33.2. The van der Waals surface area contributed by atoms with Crippen LogP contribution in [0.5, 0.6) is 0 Å². The maximum atomic E-state index is 12.7. The summed E-state index contributed by atoms with van der Waals surface area (Å²) in [7, 11) is 5.49. The third kappa shape index (κ3) is 34.1. The second-order valence-corrected chi connectivity index (χ2v) is 14.3. The zero-order valence-corrected chi connectivity index (χ0v) is 33.9. The average Bonchev–Trinajstić information content (AvgIpc) is 3.11. The Labute approximate surface area is 323 Å². The van der Waals surface area contributed by atoms with Crippen LogP contribution in [0, 0.1) is 0 Å². The zero-order valence-electron chi connectivity index (χ0n) is 33.9. The number of carbonyl (C=O) groups excluding carboxylic acids is 2. The van der Waals surface area contributed by atoms with Gasteiger partial charge >= 0.3 is 17.9 Å². The Balaban J connectivity index is 4.51. The summed E-state index contributed by atoms with van der Waals surface area (Å²) in [5.74, 6) is -1.55. The third-order valence-electron chi connectivity index (χ3n) is 8.40. The first-order chi connectivity index (χ1) is 25.6. The lowest BCUT2D eigenvalue weighted by atomic mass is 10.1. The Morgan fingerprint density at radius 3 is 1.58 bits per heavy atom. The van der Waals surface area contributed by atoms with Crippen LogP contribution in [0.1, 0.15) is 129 Å². The van der Waals surface area contributed by atoms with Crippen molar-refractivity contribution in [2.24, 2.45) is 0 Å². The van der Waals surface area contributed by atoms with E-state index in [-0.39, 0.29) is 36.2 Å². The fraction of sp³-hybridized carbons (Fsp3) is 0.622. The van der Waals surface area contributed by atoms with Crippen molar-refractivity contribution >= 4 is 17.9 Å². The molecule has 53 heavy (non-hydrogen) atoms. The van der Waals surface area contributed by atoms with Gasteiger partial charge in [0.25, 0.3) is 0 Å². The molecule has 300 valence electrons. The van der Waals surface area contributed by atoms with Crippen LogP contribution in [0.25, 0.3) is 0 Å². The molecule has 1 N–H and O–H groups in total. The number of carboxylic acid groups (broad SMARTS) is 1. The molecular weight excluding hydrogens is 666 g/mol. The normalized spacial score (nSPS) is 13.9. The van der Waals surface area contributed by atoms with E-state index in [0.717, 1.165) is 77.0 Å².